The Balaban J connectivity index is 1.64. The fourth-order valence-electron chi connectivity index (χ4n) is 3.67. The van der Waals surface area contributed by atoms with Crippen molar-refractivity contribution in [2.45, 2.75) is 6.04 Å². The van der Waals surface area contributed by atoms with Crippen molar-refractivity contribution in [2.75, 3.05) is 4.90 Å². The van der Waals surface area contributed by atoms with Gasteiger partial charge in [0.2, 0.25) is 5.78 Å². The van der Waals surface area contributed by atoms with Gasteiger partial charge >= 0.3 is 0 Å². The highest BCUT2D eigenvalue weighted by Gasteiger charge is 2.45. The smallest absolute Gasteiger partial charge is 0.294 e. The number of ketones is 1. The number of fused-ring (bicyclic) bond motifs is 1. The van der Waals surface area contributed by atoms with Gasteiger partial charge in [0.05, 0.1) is 5.57 Å². The highest BCUT2D eigenvalue weighted by atomic mass is 79.9. The van der Waals surface area contributed by atoms with Crippen LogP contribution >= 0.6 is 27.3 Å². The zero-order valence-electron chi connectivity index (χ0n) is 15.4. The number of carbonyl (C=O) groups excluding carboxylic acids is 2. The molecule has 1 aliphatic heterocycles. The first-order chi connectivity index (χ1) is 14.5. The lowest BCUT2D eigenvalue weighted by Crippen LogP contribution is -2.30. The topological polar surface area (TPSA) is 70.8 Å². The maximum absolute atomic E-state index is 13.4. The minimum Gasteiger partial charge on any atom is -0.503 e. The zero-order valence-corrected chi connectivity index (χ0v) is 17.8. The van der Waals surface area contributed by atoms with Gasteiger partial charge in [-0.25, -0.2) is 0 Å². The Labute approximate surface area is 184 Å². The lowest BCUT2D eigenvalue weighted by atomic mass is 10.00. The molecule has 1 amide bonds. The third kappa shape index (κ3) is 2.98. The third-order valence-electron chi connectivity index (χ3n) is 5.00. The van der Waals surface area contributed by atoms with Gasteiger partial charge < -0.3 is 9.52 Å². The summed E-state index contributed by atoms with van der Waals surface area (Å²) in [5.74, 6) is -1.59. The Kier molecular flexibility index (Phi) is 4.56. The van der Waals surface area contributed by atoms with Crippen molar-refractivity contribution >= 4 is 55.6 Å². The Hall–Kier alpha value is -3.16. The third-order valence-corrected chi connectivity index (χ3v) is 6.42. The first-order valence-electron chi connectivity index (χ1n) is 9.13. The van der Waals surface area contributed by atoms with Crippen molar-refractivity contribution in [3.05, 3.63) is 98.6 Å². The van der Waals surface area contributed by atoms with Gasteiger partial charge in [-0.15, -0.1) is 11.3 Å². The number of carbonyl (C=O) groups is 2. The number of hydrogen-bond donors (Lipinski definition) is 1. The lowest BCUT2D eigenvalue weighted by Gasteiger charge is -2.25. The van der Waals surface area contributed by atoms with Crippen LogP contribution in [0.4, 0.5) is 5.69 Å². The molecule has 1 N–H and O–H groups in total. The zero-order chi connectivity index (χ0) is 20.8. The van der Waals surface area contributed by atoms with E-state index >= 15 is 0 Å². The van der Waals surface area contributed by atoms with Crippen LogP contribution in [-0.2, 0) is 4.79 Å². The highest BCUT2D eigenvalue weighted by molar-refractivity contribution is 9.10. The molecule has 148 valence electrons. The van der Waals surface area contributed by atoms with E-state index in [1.54, 1.807) is 24.3 Å². The van der Waals surface area contributed by atoms with Crippen molar-refractivity contribution in [2.24, 2.45) is 0 Å². The normalized spacial score (nSPS) is 16.6. The van der Waals surface area contributed by atoms with Crippen LogP contribution in [0.15, 0.2) is 92.3 Å². The van der Waals surface area contributed by atoms with Gasteiger partial charge in [-0.2, -0.15) is 0 Å². The average molecular weight is 480 g/mol. The van der Waals surface area contributed by atoms with Crippen LogP contribution in [0.2, 0.25) is 0 Å². The van der Waals surface area contributed by atoms with Crippen LogP contribution in [-0.4, -0.2) is 16.8 Å². The van der Waals surface area contributed by atoms with Crippen LogP contribution < -0.4 is 4.90 Å². The minimum atomic E-state index is -0.729. The molecule has 2 aromatic carbocycles. The number of aliphatic hydroxyl groups excluding tert-OH is 1. The molecule has 1 unspecified atom stereocenters. The number of thiophene rings is 1. The number of nitrogens with zero attached hydrogens (tertiary/aromatic N) is 1. The molecule has 0 radical (unpaired) electrons. The molecule has 0 saturated carbocycles. The second kappa shape index (κ2) is 7.27. The molecule has 30 heavy (non-hydrogen) atoms. The molecule has 2 aromatic heterocycles. The largest absolute Gasteiger partial charge is 0.503 e. The second-order valence-corrected chi connectivity index (χ2v) is 8.71. The molecule has 0 spiro atoms. The molecule has 0 bridgehead atoms. The van der Waals surface area contributed by atoms with E-state index in [1.165, 1.54) is 16.2 Å². The van der Waals surface area contributed by atoms with Gasteiger partial charge in [0.15, 0.2) is 11.5 Å². The van der Waals surface area contributed by atoms with Crippen LogP contribution in [0.3, 0.4) is 0 Å². The first kappa shape index (κ1) is 18.8. The lowest BCUT2D eigenvalue weighted by molar-refractivity contribution is -0.117. The Morgan fingerprint density at radius 1 is 1.07 bits per heavy atom. The molecule has 1 aliphatic rings. The van der Waals surface area contributed by atoms with Crippen LogP contribution in [0.25, 0.3) is 11.0 Å². The Morgan fingerprint density at radius 3 is 2.60 bits per heavy atom. The summed E-state index contributed by atoms with van der Waals surface area (Å²) in [5, 5.41) is 13.4. The van der Waals surface area contributed by atoms with Crippen molar-refractivity contribution < 1.29 is 19.1 Å². The number of amides is 1. The molecule has 5 nitrogen and oxygen atoms in total. The van der Waals surface area contributed by atoms with Crippen LogP contribution in [0, 0.1) is 0 Å². The number of para-hydroxylation sites is 1. The highest BCUT2D eigenvalue weighted by Crippen LogP contribution is 2.43. The molecule has 4 aromatic rings. The monoisotopic (exact) mass is 479 g/mol. The van der Waals surface area contributed by atoms with Crippen LogP contribution in [0.1, 0.15) is 21.5 Å². The van der Waals surface area contributed by atoms with Crippen molar-refractivity contribution in [1.82, 2.24) is 0 Å². The van der Waals surface area contributed by atoms with Gasteiger partial charge in [0.25, 0.3) is 5.91 Å². The summed E-state index contributed by atoms with van der Waals surface area (Å²) in [6, 6.07) is 19.0. The summed E-state index contributed by atoms with van der Waals surface area (Å²) in [6.07, 6.45) is 0. The molecule has 5 rings (SSSR count). The van der Waals surface area contributed by atoms with E-state index in [4.69, 9.17) is 4.42 Å². The summed E-state index contributed by atoms with van der Waals surface area (Å²) in [5.41, 5.74) is 1.17. The Morgan fingerprint density at radius 2 is 1.87 bits per heavy atom. The maximum atomic E-state index is 13.4. The molecular weight excluding hydrogens is 466 g/mol. The first-order valence-corrected chi connectivity index (χ1v) is 10.8. The van der Waals surface area contributed by atoms with Gasteiger partial charge in [-0.3, -0.25) is 14.5 Å². The predicted octanol–water partition coefficient (Wildman–Crippen LogP) is 6.04. The van der Waals surface area contributed by atoms with Crippen molar-refractivity contribution in [3.63, 3.8) is 0 Å². The fourth-order valence-corrected chi connectivity index (χ4v) is 4.87. The van der Waals surface area contributed by atoms with Crippen molar-refractivity contribution in [3.8, 4) is 0 Å². The summed E-state index contributed by atoms with van der Waals surface area (Å²) in [6.45, 7) is 0. The van der Waals surface area contributed by atoms with Gasteiger partial charge in [-0.05, 0) is 47.8 Å². The van der Waals surface area contributed by atoms with E-state index in [1.807, 2.05) is 47.8 Å². The second-order valence-electron chi connectivity index (χ2n) is 6.81. The average Bonchev–Trinajstić information content (AvgIpc) is 3.47. The number of anilines is 1. The van der Waals surface area contributed by atoms with E-state index in [9.17, 15) is 14.7 Å². The van der Waals surface area contributed by atoms with Crippen LogP contribution in [0.5, 0.6) is 0 Å². The van der Waals surface area contributed by atoms with E-state index in [-0.39, 0.29) is 11.3 Å². The summed E-state index contributed by atoms with van der Waals surface area (Å²) in [7, 11) is 0. The Bertz CT molecular complexity index is 1310. The molecule has 0 saturated heterocycles. The number of Topliss-reactive ketones (excluding diaryl/α,β-unsaturated/α-hetero) is 1. The molecule has 7 heteroatoms. The van der Waals surface area contributed by atoms with E-state index in [0.29, 0.717) is 11.3 Å². The van der Waals surface area contributed by atoms with Gasteiger partial charge in [-0.1, -0.05) is 40.2 Å². The number of furan rings is 1. The summed E-state index contributed by atoms with van der Waals surface area (Å²) < 4.78 is 6.61. The molecule has 0 aliphatic carbocycles. The molecule has 1 atom stereocenters. The molecule has 0 fully saturated rings. The van der Waals surface area contributed by atoms with Gasteiger partial charge in [0.1, 0.15) is 11.6 Å². The number of rotatable bonds is 4. The summed E-state index contributed by atoms with van der Waals surface area (Å²) in [4.78, 5) is 28.7. The predicted molar refractivity (Wildman–Crippen MR) is 119 cm³/mol. The standard InChI is InChI=1S/C23H14BrNO4S/c24-14-8-9-16-13(11-14)12-17(29-16)21(26)19-20(18-7-4-10-30-18)25(23(28)22(19)27)15-5-2-1-3-6-15/h1-12,20,27H. The number of benzene rings is 2. The maximum Gasteiger partial charge on any atom is 0.294 e. The SMILES string of the molecule is O=C(C1=C(O)C(=O)N(c2ccccc2)C1c1cccs1)c1cc2cc(Br)ccc2o1. The number of hydrogen-bond acceptors (Lipinski definition) is 5. The van der Waals surface area contributed by atoms with E-state index < -0.39 is 23.5 Å². The van der Waals surface area contributed by atoms with E-state index in [0.717, 1.165) is 14.7 Å². The van der Waals surface area contributed by atoms with E-state index in [2.05, 4.69) is 15.9 Å². The minimum absolute atomic E-state index is 0.0180. The quantitative estimate of drug-likeness (QED) is 0.362. The summed E-state index contributed by atoms with van der Waals surface area (Å²) >= 11 is 4.82. The molecule has 3 heterocycles. The van der Waals surface area contributed by atoms with Gasteiger partial charge in [0, 0.05) is 20.4 Å². The number of aliphatic hydroxyl groups is 1. The fraction of sp³-hybridized carbons (Fsp3) is 0.0435. The number of halogens is 1. The van der Waals surface area contributed by atoms with Crippen molar-refractivity contribution in [1.29, 1.82) is 0 Å². The molecular formula is C23H14BrNO4S.